The van der Waals surface area contributed by atoms with Gasteiger partial charge in [0.1, 0.15) is 11.9 Å². The van der Waals surface area contributed by atoms with E-state index in [1.165, 1.54) is 0 Å². The summed E-state index contributed by atoms with van der Waals surface area (Å²) >= 11 is 11.2. The summed E-state index contributed by atoms with van der Waals surface area (Å²) in [7, 11) is 0. The van der Waals surface area contributed by atoms with Crippen molar-refractivity contribution in [2.45, 2.75) is 18.9 Å². The third kappa shape index (κ3) is 4.87. The second-order valence-electron chi connectivity index (χ2n) is 4.12. The number of nitrogens with two attached hydrogens (primary N) is 1. The van der Waals surface area contributed by atoms with Gasteiger partial charge < -0.3 is 16.2 Å². The normalized spacial score (nSPS) is 11.8. The van der Waals surface area contributed by atoms with Gasteiger partial charge in [0, 0.05) is 6.42 Å². The number of benzene rings is 1. The second-order valence-corrected chi connectivity index (χ2v) is 4.93. The maximum Gasteiger partial charge on any atom is 0.326 e. The predicted molar refractivity (Wildman–Crippen MR) is 73.7 cm³/mol. The van der Waals surface area contributed by atoms with Crippen LogP contribution < -0.4 is 11.1 Å². The zero-order chi connectivity index (χ0) is 16.2. The molecule has 1 aromatic rings. The van der Waals surface area contributed by atoms with E-state index in [0.717, 1.165) is 12.1 Å². The van der Waals surface area contributed by atoms with Gasteiger partial charge in [0.2, 0.25) is 5.91 Å². The fourth-order valence-corrected chi connectivity index (χ4v) is 1.95. The Hall–Kier alpha value is -1.86. The maximum atomic E-state index is 13.3. The average molecular weight is 337 g/mol. The Balaban J connectivity index is 2.89. The highest BCUT2D eigenvalue weighted by atomic mass is 35.5. The third-order valence-electron chi connectivity index (χ3n) is 2.54. The van der Waals surface area contributed by atoms with Gasteiger partial charge in [-0.25, -0.2) is 9.18 Å². The van der Waals surface area contributed by atoms with Crippen molar-refractivity contribution in [1.29, 1.82) is 0 Å². The molecule has 6 nitrogen and oxygen atoms in total. The minimum atomic E-state index is -1.35. The number of primary amides is 1. The van der Waals surface area contributed by atoms with Crippen molar-refractivity contribution in [1.82, 2.24) is 5.32 Å². The van der Waals surface area contributed by atoms with Gasteiger partial charge >= 0.3 is 5.97 Å². The molecule has 9 heteroatoms. The van der Waals surface area contributed by atoms with E-state index in [-0.39, 0.29) is 28.5 Å². The Morgan fingerprint density at radius 3 is 2.43 bits per heavy atom. The summed E-state index contributed by atoms with van der Waals surface area (Å²) in [4.78, 5) is 33.5. The SMILES string of the molecule is NC(=O)CC[C@H](NC(=O)c1cc(F)c(Cl)cc1Cl)C(=O)O. The van der Waals surface area contributed by atoms with E-state index in [0.29, 0.717) is 0 Å². The highest BCUT2D eigenvalue weighted by Crippen LogP contribution is 2.24. The van der Waals surface area contributed by atoms with Crippen molar-refractivity contribution in [2.24, 2.45) is 5.73 Å². The van der Waals surface area contributed by atoms with Crippen LogP contribution in [0.3, 0.4) is 0 Å². The Labute approximate surface area is 129 Å². The zero-order valence-electron chi connectivity index (χ0n) is 10.5. The largest absolute Gasteiger partial charge is 0.480 e. The molecule has 1 aromatic carbocycles. The van der Waals surface area contributed by atoms with Gasteiger partial charge in [-0.05, 0) is 18.6 Å². The number of aliphatic carboxylic acids is 1. The molecule has 0 fully saturated rings. The summed E-state index contributed by atoms with van der Waals surface area (Å²) in [6, 6.07) is 0.485. The number of amides is 2. The maximum absolute atomic E-state index is 13.3. The van der Waals surface area contributed by atoms with Crippen LogP contribution in [0.1, 0.15) is 23.2 Å². The summed E-state index contributed by atoms with van der Waals surface area (Å²) in [5, 5.41) is 10.7. The van der Waals surface area contributed by atoms with Crippen LogP contribution in [0.25, 0.3) is 0 Å². The number of halogens is 3. The van der Waals surface area contributed by atoms with Crippen molar-refractivity contribution in [2.75, 3.05) is 0 Å². The van der Waals surface area contributed by atoms with E-state index in [9.17, 15) is 18.8 Å². The molecule has 0 heterocycles. The fraction of sp³-hybridized carbons (Fsp3) is 0.250. The summed E-state index contributed by atoms with van der Waals surface area (Å²) in [6.45, 7) is 0. The van der Waals surface area contributed by atoms with Crippen LogP contribution >= 0.6 is 23.2 Å². The zero-order valence-corrected chi connectivity index (χ0v) is 12.0. The highest BCUT2D eigenvalue weighted by molar-refractivity contribution is 6.36. The van der Waals surface area contributed by atoms with Crippen LogP contribution in [-0.2, 0) is 9.59 Å². The minimum Gasteiger partial charge on any atom is -0.480 e. The van der Waals surface area contributed by atoms with Crippen molar-refractivity contribution in [3.8, 4) is 0 Å². The molecule has 4 N–H and O–H groups in total. The van der Waals surface area contributed by atoms with Gasteiger partial charge in [-0.15, -0.1) is 0 Å². The van der Waals surface area contributed by atoms with Crippen LogP contribution in [0.15, 0.2) is 12.1 Å². The first-order valence-electron chi connectivity index (χ1n) is 5.69. The highest BCUT2D eigenvalue weighted by Gasteiger charge is 2.23. The molecule has 1 atom stereocenters. The molecule has 1 rings (SSSR count). The second kappa shape index (κ2) is 7.24. The van der Waals surface area contributed by atoms with Crippen LogP contribution in [-0.4, -0.2) is 28.9 Å². The molecule has 0 aliphatic heterocycles. The summed E-state index contributed by atoms with van der Waals surface area (Å²) in [5.74, 6) is -3.82. The Kier molecular flexibility index (Phi) is 5.92. The lowest BCUT2D eigenvalue weighted by Gasteiger charge is -2.14. The van der Waals surface area contributed by atoms with Gasteiger partial charge in [-0.3, -0.25) is 9.59 Å². The van der Waals surface area contributed by atoms with Gasteiger partial charge in [-0.1, -0.05) is 23.2 Å². The molecule has 0 bridgehead atoms. The summed E-state index contributed by atoms with van der Waals surface area (Å²) in [5.41, 5.74) is 4.65. The van der Waals surface area contributed by atoms with E-state index in [4.69, 9.17) is 34.0 Å². The predicted octanol–water partition coefficient (Wildman–Crippen LogP) is 1.58. The molecule has 0 saturated heterocycles. The molecule has 0 spiro atoms. The smallest absolute Gasteiger partial charge is 0.326 e. The lowest BCUT2D eigenvalue weighted by atomic mass is 10.1. The number of hydrogen-bond donors (Lipinski definition) is 3. The Morgan fingerprint density at radius 1 is 1.29 bits per heavy atom. The first kappa shape index (κ1) is 17.2. The Bertz CT molecular complexity index is 595. The van der Waals surface area contributed by atoms with Crippen LogP contribution in [0.2, 0.25) is 10.0 Å². The quantitative estimate of drug-likeness (QED) is 0.685. The van der Waals surface area contributed by atoms with Crippen molar-refractivity contribution < 1.29 is 23.9 Å². The van der Waals surface area contributed by atoms with Crippen molar-refractivity contribution in [3.05, 3.63) is 33.6 Å². The van der Waals surface area contributed by atoms with E-state index >= 15 is 0 Å². The van der Waals surface area contributed by atoms with Crippen molar-refractivity contribution >= 4 is 41.0 Å². The number of hydrogen-bond acceptors (Lipinski definition) is 3. The molecular weight excluding hydrogens is 326 g/mol. The molecular formula is C12H11Cl2FN2O4. The first-order chi connectivity index (χ1) is 9.72. The van der Waals surface area contributed by atoms with Crippen LogP contribution in [0, 0.1) is 5.82 Å². The van der Waals surface area contributed by atoms with Crippen LogP contribution in [0.4, 0.5) is 4.39 Å². The number of carbonyl (C=O) groups excluding carboxylic acids is 2. The number of carbonyl (C=O) groups is 3. The molecule has 0 aliphatic rings. The Morgan fingerprint density at radius 2 is 1.90 bits per heavy atom. The number of carboxylic acid groups (broad SMARTS) is 1. The molecule has 0 radical (unpaired) electrons. The van der Waals surface area contributed by atoms with E-state index in [1.807, 2.05) is 0 Å². The molecule has 21 heavy (non-hydrogen) atoms. The minimum absolute atomic E-state index is 0.127. The van der Waals surface area contributed by atoms with Gasteiger partial charge in [0.25, 0.3) is 5.91 Å². The average Bonchev–Trinajstić information content (AvgIpc) is 2.37. The molecule has 0 aliphatic carbocycles. The molecule has 2 amide bonds. The fourth-order valence-electron chi connectivity index (χ4n) is 1.48. The number of rotatable bonds is 6. The van der Waals surface area contributed by atoms with Gasteiger partial charge in [0.15, 0.2) is 0 Å². The monoisotopic (exact) mass is 336 g/mol. The third-order valence-corrected chi connectivity index (χ3v) is 3.14. The molecule has 0 saturated carbocycles. The van der Waals surface area contributed by atoms with Crippen LogP contribution in [0.5, 0.6) is 0 Å². The lowest BCUT2D eigenvalue weighted by molar-refractivity contribution is -0.139. The molecule has 114 valence electrons. The number of nitrogens with one attached hydrogen (secondary N) is 1. The molecule has 0 unspecified atom stereocenters. The molecule has 0 aromatic heterocycles. The lowest BCUT2D eigenvalue weighted by Crippen LogP contribution is -2.41. The topological polar surface area (TPSA) is 109 Å². The van der Waals surface area contributed by atoms with Gasteiger partial charge in [-0.2, -0.15) is 0 Å². The van der Waals surface area contributed by atoms with Crippen molar-refractivity contribution in [3.63, 3.8) is 0 Å². The summed E-state index contributed by atoms with van der Waals surface area (Å²) < 4.78 is 13.3. The van der Waals surface area contributed by atoms with E-state index < -0.39 is 29.6 Å². The number of carboxylic acids is 1. The summed E-state index contributed by atoms with van der Waals surface area (Å²) in [6.07, 6.45) is -0.413. The first-order valence-corrected chi connectivity index (χ1v) is 6.44. The van der Waals surface area contributed by atoms with E-state index in [1.54, 1.807) is 0 Å². The van der Waals surface area contributed by atoms with E-state index in [2.05, 4.69) is 5.32 Å². The van der Waals surface area contributed by atoms with Gasteiger partial charge in [0.05, 0.1) is 15.6 Å². The standard InChI is InChI=1S/C12H11Cl2FN2O4/c13-6-4-7(14)8(15)3-5(6)11(19)17-9(12(20)21)1-2-10(16)18/h3-4,9H,1-2H2,(H2,16,18)(H,17,19)(H,20,21)/t9-/m0/s1.